The fourth-order valence-corrected chi connectivity index (χ4v) is 4.33. The van der Waals surface area contributed by atoms with Crippen molar-refractivity contribution in [2.45, 2.75) is 0 Å². The molecule has 1 saturated heterocycles. The van der Waals surface area contributed by atoms with Gasteiger partial charge in [0, 0.05) is 37.8 Å². The Morgan fingerprint density at radius 3 is 2.32 bits per heavy atom. The zero-order valence-corrected chi connectivity index (χ0v) is 18.4. The Bertz CT molecular complexity index is 1160. The average molecular weight is 458 g/mol. The van der Waals surface area contributed by atoms with Crippen LogP contribution < -0.4 is 16.0 Å². The number of nitrogens with zero attached hydrogens (tertiary/aromatic N) is 3. The Labute approximate surface area is 189 Å². The molecule has 1 aromatic heterocycles. The molecule has 0 spiro atoms. The number of nitrogens with two attached hydrogens (primary N) is 1. The lowest BCUT2D eigenvalue weighted by Crippen LogP contribution is -2.45. The van der Waals surface area contributed by atoms with E-state index in [0.29, 0.717) is 16.8 Å². The molecule has 0 aliphatic carbocycles. The van der Waals surface area contributed by atoms with Crippen molar-refractivity contribution in [3.8, 4) is 0 Å². The number of nitrogens with one attached hydrogen (secondary N) is 1. The topological polar surface area (TPSA) is 91.6 Å². The van der Waals surface area contributed by atoms with E-state index in [1.165, 1.54) is 6.20 Å². The zero-order valence-electron chi connectivity index (χ0n) is 16.9. The molecule has 4 rings (SSSR count). The van der Waals surface area contributed by atoms with Crippen molar-refractivity contribution in [3.63, 3.8) is 0 Å². The fourth-order valence-electron chi connectivity index (χ4n) is 3.76. The molecule has 9 heteroatoms. The van der Waals surface area contributed by atoms with Crippen LogP contribution in [-0.4, -0.2) is 54.9 Å². The molecule has 31 heavy (non-hydrogen) atoms. The lowest BCUT2D eigenvalue weighted by molar-refractivity contribution is 0.0997. The van der Waals surface area contributed by atoms with Crippen molar-refractivity contribution in [2.24, 2.45) is 5.73 Å². The smallest absolute Gasteiger partial charge is 0.258 e. The van der Waals surface area contributed by atoms with Crippen LogP contribution in [-0.2, 0) is 0 Å². The van der Waals surface area contributed by atoms with Crippen molar-refractivity contribution in [3.05, 3.63) is 63.8 Å². The number of aromatic nitrogens is 1. The second-order valence-corrected chi connectivity index (χ2v) is 8.24. The number of likely N-dealkylation sites (N-methyl/N-ethyl adjacent to an activating group) is 1. The van der Waals surface area contributed by atoms with Crippen LogP contribution in [0.4, 0.5) is 11.4 Å². The third-order valence-corrected chi connectivity index (χ3v) is 6.02. The number of rotatable bonds is 4. The number of anilines is 2. The molecule has 0 bridgehead atoms. The van der Waals surface area contributed by atoms with Crippen molar-refractivity contribution >= 4 is 57.3 Å². The van der Waals surface area contributed by atoms with Crippen molar-refractivity contribution in [1.29, 1.82) is 0 Å². The summed E-state index contributed by atoms with van der Waals surface area (Å²) in [5.74, 6) is -0.981. The summed E-state index contributed by atoms with van der Waals surface area (Å²) in [5.41, 5.74) is 7.98. The molecule has 3 N–H and O–H groups in total. The third-order valence-electron chi connectivity index (χ3n) is 5.39. The summed E-state index contributed by atoms with van der Waals surface area (Å²) in [6, 6.07) is 10.3. The first-order valence-electron chi connectivity index (χ1n) is 9.77. The summed E-state index contributed by atoms with van der Waals surface area (Å²) >= 11 is 12.4. The maximum Gasteiger partial charge on any atom is 0.258 e. The van der Waals surface area contributed by atoms with E-state index in [4.69, 9.17) is 28.9 Å². The summed E-state index contributed by atoms with van der Waals surface area (Å²) in [7, 11) is 2.06. The Morgan fingerprint density at radius 2 is 1.68 bits per heavy atom. The molecule has 7 nitrogen and oxygen atoms in total. The predicted molar refractivity (Wildman–Crippen MR) is 124 cm³/mol. The fraction of sp³-hybridized carbons (Fsp3) is 0.227. The first-order chi connectivity index (χ1) is 14.9. The van der Waals surface area contributed by atoms with Gasteiger partial charge < -0.3 is 20.9 Å². The number of halogens is 2. The van der Waals surface area contributed by atoms with E-state index in [2.05, 4.69) is 27.1 Å². The van der Waals surface area contributed by atoms with Crippen molar-refractivity contribution in [1.82, 2.24) is 9.88 Å². The Morgan fingerprint density at radius 1 is 1.03 bits per heavy atom. The summed E-state index contributed by atoms with van der Waals surface area (Å²) < 4.78 is 0. The van der Waals surface area contributed by atoms with Crippen LogP contribution in [0.15, 0.2) is 42.6 Å². The Kier molecular flexibility index (Phi) is 6.00. The molecule has 1 aliphatic heterocycles. The number of hydrogen-bond acceptors (Lipinski definition) is 5. The molecule has 2 amide bonds. The lowest BCUT2D eigenvalue weighted by Gasteiger charge is -2.35. The maximum atomic E-state index is 12.9. The van der Waals surface area contributed by atoms with Gasteiger partial charge in [0.2, 0.25) is 0 Å². The van der Waals surface area contributed by atoms with Crippen molar-refractivity contribution < 1.29 is 9.59 Å². The summed E-state index contributed by atoms with van der Waals surface area (Å²) in [6.45, 7) is 3.23. The largest absolute Gasteiger partial charge is 0.368 e. The number of para-hydroxylation sites is 1. The van der Waals surface area contributed by atoms with Crippen molar-refractivity contribution in [2.75, 3.05) is 43.4 Å². The minimum absolute atomic E-state index is 0.191. The lowest BCUT2D eigenvalue weighted by atomic mass is 10.1. The molecular weight excluding hydrogens is 437 g/mol. The van der Waals surface area contributed by atoms with E-state index < -0.39 is 11.8 Å². The minimum atomic E-state index is -0.541. The third kappa shape index (κ3) is 4.17. The predicted octanol–water partition coefficient (Wildman–Crippen LogP) is 3.64. The number of amides is 2. The van der Waals surface area contributed by atoms with Gasteiger partial charge in [0.15, 0.2) is 0 Å². The molecule has 1 aliphatic rings. The molecule has 2 heterocycles. The van der Waals surface area contributed by atoms with E-state index in [-0.39, 0.29) is 15.6 Å². The number of carbonyl (C=O) groups excluding carboxylic acids is 2. The van der Waals surface area contributed by atoms with Gasteiger partial charge in [0.1, 0.15) is 0 Å². The zero-order chi connectivity index (χ0) is 22.1. The van der Waals surface area contributed by atoms with Gasteiger partial charge in [-0.1, -0.05) is 41.4 Å². The average Bonchev–Trinajstić information content (AvgIpc) is 2.73. The van der Waals surface area contributed by atoms with Crippen LogP contribution in [0, 0.1) is 0 Å². The van der Waals surface area contributed by atoms with E-state index in [1.807, 2.05) is 6.07 Å². The molecule has 0 unspecified atom stereocenters. The highest BCUT2D eigenvalue weighted by Gasteiger charge is 2.24. The molecule has 0 radical (unpaired) electrons. The van der Waals surface area contributed by atoms with Crippen LogP contribution in [0.3, 0.4) is 0 Å². The molecule has 0 atom stereocenters. The van der Waals surface area contributed by atoms with Gasteiger partial charge in [-0.25, -0.2) is 0 Å². The highest BCUT2D eigenvalue weighted by atomic mass is 35.5. The summed E-state index contributed by atoms with van der Waals surface area (Å²) in [6.07, 6.45) is 1.47. The van der Waals surface area contributed by atoms with Gasteiger partial charge in [-0.2, -0.15) is 0 Å². The minimum Gasteiger partial charge on any atom is -0.368 e. The summed E-state index contributed by atoms with van der Waals surface area (Å²) in [5, 5.41) is 4.11. The Hall–Kier alpha value is -2.87. The van der Waals surface area contributed by atoms with Gasteiger partial charge in [-0.3, -0.25) is 14.6 Å². The maximum absolute atomic E-state index is 12.9. The van der Waals surface area contributed by atoms with Crippen LogP contribution in [0.5, 0.6) is 0 Å². The van der Waals surface area contributed by atoms with Gasteiger partial charge in [0.25, 0.3) is 11.8 Å². The molecular formula is C22H21Cl2N5O2. The highest BCUT2D eigenvalue weighted by molar-refractivity contribution is 6.40. The monoisotopic (exact) mass is 457 g/mol. The number of hydrogen-bond donors (Lipinski definition) is 2. The van der Waals surface area contributed by atoms with Gasteiger partial charge >= 0.3 is 0 Å². The van der Waals surface area contributed by atoms with Crippen LogP contribution in [0.1, 0.15) is 20.7 Å². The highest BCUT2D eigenvalue weighted by Crippen LogP contribution is 2.34. The molecule has 1 fully saturated rings. The van der Waals surface area contributed by atoms with E-state index in [1.54, 1.807) is 30.3 Å². The molecule has 160 valence electrons. The van der Waals surface area contributed by atoms with E-state index in [9.17, 15) is 9.59 Å². The first kappa shape index (κ1) is 21.4. The molecule has 0 saturated carbocycles. The van der Waals surface area contributed by atoms with Crippen LogP contribution in [0.25, 0.3) is 10.9 Å². The molecule has 2 aromatic carbocycles. The van der Waals surface area contributed by atoms with Gasteiger partial charge in [-0.15, -0.1) is 0 Å². The summed E-state index contributed by atoms with van der Waals surface area (Å²) in [4.78, 5) is 33.9. The first-order valence-corrected chi connectivity index (χ1v) is 10.5. The SMILES string of the molecule is CN1CCN(c2c(C(N)=O)cnc3c(NC(=O)c4c(Cl)cccc4Cl)cccc23)CC1. The Balaban J connectivity index is 1.79. The quantitative estimate of drug-likeness (QED) is 0.623. The number of fused-ring (bicyclic) bond motifs is 1. The number of carbonyl (C=O) groups is 2. The number of benzene rings is 2. The number of pyridine rings is 1. The van der Waals surface area contributed by atoms with Crippen LogP contribution in [0.2, 0.25) is 10.0 Å². The van der Waals surface area contributed by atoms with Gasteiger partial charge in [-0.05, 0) is 25.2 Å². The normalized spacial score (nSPS) is 14.6. The number of piperazine rings is 1. The number of primary amides is 1. The van der Waals surface area contributed by atoms with Crippen LogP contribution >= 0.6 is 23.2 Å². The second-order valence-electron chi connectivity index (χ2n) is 7.43. The van der Waals surface area contributed by atoms with E-state index >= 15 is 0 Å². The second kappa shape index (κ2) is 8.70. The standard InChI is InChI=1S/C22H21Cl2N5O2/c1-28-8-10-29(11-9-28)20-13-4-2-7-17(19(13)26-12-14(20)21(25)30)27-22(31)18-15(23)5-3-6-16(18)24/h2-7,12H,8-11H2,1H3,(H2,25,30)(H,27,31). The molecule has 3 aromatic rings. The van der Waals surface area contributed by atoms with Gasteiger partial charge in [0.05, 0.1) is 38.1 Å². The van der Waals surface area contributed by atoms with E-state index in [0.717, 1.165) is 37.3 Å².